The SMILES string of the molecule is CC(=O)c1ccc(N2C(=O)[C@@H]3[C@H](Cc4ccccc4)N[C@]4(C(=O)Nc5c4ccc(Cl)c5C)[C@@H]3C2=O)cc1. The molecule has 3 aromatic rings. The van der Waals surface area contributed by atoms with Gasteiger partial charge in [0.05, 0.1) is 23.2 Å². The van der Waals surface area contributed by atoms with Crippen LogP contribution >= 0.6 is 11.6 Å². The highest BCUT2D eigenvalue weighted by molar-refractivity contribution is 6.32. The lowest BCUT2D eigenvalue weighted by atomic mass is 9.76. The lowest BCUT2D eigenvalue weighted by molar-refractivity contribution is -0.130. The first-order valence-corrected chi connectivity index (χ1v) is 12.5. The largest absolute Gasteiger partial charge is 0.324 e. The van der Waals surface area contributed by atoms with E-state index in [1.807, 2.05) is 37.3 Å². The molecular formula is C29H24ClN3O4. The molecule has 0 bridgehead atoms. The highest BCUT2D eigenvalue weighted by Crippen LogP contribution is 2.55. The van der Waals surface area contributed by atoms with Crippen LogP contribution in [0.5, 0.6) is 0 Å². The average Bonchev–Trinajstić information content (AvgIpc) is 3.47. The first-order chi connectivity index (χ1) is 17.7. The average molecular weight is 514 g/mol. The standard InChI is InChI=1S/C29H24ClN3O4/c1-15-21(30)13-12-20-25(15)31-28(37)29(20)24-23(22(32-29)14-17-6-4-3-5-7-17)26(35)33(27(24)36)19-10-8-18(9-11-19)16(2)34/h3-13,22-24,32H,14H2,1-2H3,(H,31,37)/t22-,23+,24-,29-/m0/s1. The summed E-state index contributed by atoms with van der Waals surface area (Å²) in [6, 6.07) is 19.1. The van der Waals surface area contributed by atoms with Gasteiger partial charge in [0.15, 0.2) is 5.78 Å². The van der Waals surface area contributed by atoms with E-state index in [1.54, 1.807) is 36.4 Å². The Balaban J connectivity index is 1.49. The van der Waals surface area contributed by atoms with Crippen LogP contribution in [0.1, 0.15) is 34.0 Å². The second-order valence-corrected chi connectivity index (χ2v) is 10.3. The number of hydrogen-bond acceptors (Lipinski definition) is 5. The van der Waals surface area contributed by atoms with E-state index in [0.717, 1.165) is 5.56 Å². The predicted octanol–water partition coefficient (Wildman–Crippen LogP) is 4.02. The summed E-state index contributed by atoms with van der Waals surface area (Å²) in [7, 11) is 0. The van der Waals surface area contributed by atoms with E-state index in [0.29, 0.717) is 39.5 Å². The third-order valence-corrected chi connectivity index (χ3v) is 8.32. The number of rotatable bonds is 4. The second kappa shape index (κ2) is 8.36. The summed E-state index contributed by atoms with van der Waals surface area (Å²) >= 11 is 6.35. The third kappa shape index (κ3) is 3.31. The molecule has 3 heterocycles. The first-order valence-electron chi connectivity index (χ1n) is 12.2. The fourth-order valence-electron chi connectivity index (χ4n) is 6.13. The summed E-state index contributed by atoms with van der Waals surface area (Å²) in [6.07, 6.45) is 0.467. The lowest BCUT2D eigenvalue weighted by Gasteiger charge is -2.29. The van der Waals surface area contributed by atoms with E-state index in [9.17, 15) is 19.2 Å². The van der Waals surface area contributed by atoms with Crippen LogP contribution in [0.25, 0.3) is 0 Å². The van der Waals surface area contributed by atoms with Crippen molar-refractivity contribution in [2.45, 2.75) is 31.8 Å². The van der Waals surface area contributed by atoms with Crippen LogP contribution in [0.3, 0.4) is 0 Å². The number of halogens is 1. The molecule has 2 N–H and O–H groups in total. The van der Waals surface area contributed by atoms with Crippen LogP contribution in [-0.2, 0) is 26.3 Å². The van der Waals surface area contributed by atoms with Crippen molar-refractivity contribution in [2.75, 3.05) is 10.2 Å². The number of anilines is 2. The maximum absolute atomic E-state index is 14.1. The van der Waals surface area contributed by atoms with Gasteiger partial charge in [-0.15, -0.1) is 0 Å². The van der Waals surface area contributed by atoms with Crippen LogP contribution in [0.4, 0.5) is 11.4 Å². The molecule has 3 aliphatic heterocycles. The fraction of sp³-hybridized carbons (Fsp3) is 0.241. The summed E-state index contributed by atoms with van der Waals surface area (Å²) in [5, 5.41) is 6.91. The molecule has 8 heteroatoms. The summed E-state index contributed by atoms with van der Waals surface area (Å²) in [5.41, 5.74) is 2.37. The zero-order chi connectivity index (χ0) is 26.1. The number of hydrogen-bond donors (Lipinski definition) is 2. The van der Waals surface area contributed by atoms with Gasteiger partial charge in [-0.25, -0.2) is 4.90 Å². The number of amides is 3. The zero-order valence-electron chi connectivity index (χ0n) is 20.2. The Labute approximate surface area is 218 Å². The van der Waals surface area contributed by atoms with Gasteiger partial charge in [0.2, 0.25) is 17.7 Å². The van der Waals surface area contributed by atoms with Gasteiger partial charge >= 0.3 is 0 Å². The highest BCUT2D eigenvalue weighted by Gasteiger charge is 2.70. The van der Waals surface area contributed by atoms with E-state index in [4.69, 9.17) is 11.6 Å². The molecule has 0 aliphatic carbocycles. The summed E-state index contributed by atoms with van der Waals surface area (Å²) in [5.74, 6) is -2.97. The minimum Gasteiger partial charge on any atom is -0.324 e. The molecule has 4 atom stereocenters. The molecule has 186 valence electrons. The van der Waals surface area contributed by atoms with E-state index < -0.39 is 29.3 Å². The van der Waals surface area contributed by atoms with E-state index in [-0.39, 0.29) is 17.6 Å². The number of Topliss-reactive ketones (excluding diaryl/α,β-unsaturated/α-hetero) is 1. The maximum Gasteiger partial charge on any atom is 0.250 e. The normalized spacial score (nSPS) is 26.0. The molecule has 2 saturated heterocycles. The number of fused-ring (bicyclic) bond motifs is 4. The van der Waals surface area contributed by atoms with Gasteiger partial charge in [-0.1, -0.05) is 48.0 Å². The van der Waals surface area contributed by atoms with Gasteiger partial charge in [0, 0.05) is 22.2 Å². The molecule has 0 unspecified atom stereocenters. The van der Waals surface area contributed by atoms with Gasteiger partial charge in [0.25, 0.3) is 0 Å². The number of nitrogens with one attached hydrogen (secondary N) is 2. The Hall–Kier alpha value is -3.81. The van der Waals surface area contributed by atoms with Crippen molar-refractivity contribution in [2.24, 2.45) is 11.8 Å². The summed E-state index contributed by atoms with van der Waals surface area (Å²) < 4.78 is 0. The molecule has 3 aliphatic rings. The van der Waals surface area contributed by atoms with Gasteiger partial charge in [0.1, 0.15) is 5.54 Å². The monoisotopic (exact) mass is 513 g/mol. The Morgan fingerprint density at radius 1 is 0.973 bits per heavy atom. The van der Waals surface area contributed by atoms with Crippen LogP contribution in [0.2, 0.25) is 5.02 Å². The quantitative estimate of drug-likeness (QED) is 0.406. The number of carbonyl (C=O) groups is 4. The molecule has 3 aromatic carbocycles. The van der Waals surface area contributed by atoms with Crippen LogP contribution < -0.4 is 15.5 Å². The van der Waals surface area contributed by atoms with Gasteiger partial charge in [-0.05, 0) is 61.7 Å². The van der Waals surface area contributed by atoms with Crippen molar-refractivity contribution in [3.8, 4) is 0 Å². The van der Waals surface area contributed by atoms with Crippen molar-refractivity contribution < 1.29 is 19.2 Å². The fourth-order valence-corrected chi connectivity index (χ4v) is 6.29. The molecule has 0 aromatic heterocycles. The molecule has 37 heavy (non-hydrogen) atoms. The minimum atomic E-state index is -1.41. The molecule has 1 spiro atoms. The lowest BCUT2D eigenvalue weighted by Crippen LogP contribution is -2.53. The second-order valence-electron chi connectivity index (χ2n) is 9.92. The van der Waals surface area contributed by atoms with Crippen molar-refractivity contribution in [1.29, 1.82) is 0 Å². The molecule has 0 saturated carbocycles. The van der Waals surface area contributed by atoms with Crippen molar-refractivity contribution >= 4 is 46.5 Å². The molecular weight excluding hydrogens is 490 g/mol. The molecule has 2 fully saturated rings. The first kappa shape index (κ1) is 23.6. The molecule has 7 nitrogen and oxygen atoms in total. The zero-order valence-corrected chi connectivity index (χ0v) is 21.0. The number of imide groups is 1. The van der Waals surface area contributed by atoms with Crippen molar-refractivity contribution in [1.82, 2.24) is 5.32 Å². The Bertz CT molecular complexity index is 1490. The topological polar surface area (TPSA) is 95.6 Å². The maximum atomic E-state index is 14.1. The molecule has 6 rings (SSSR count). The summed E-state index contributed by atoms with van der Waals surface area (Å²) in [6.45, 7) is 3.28. The minimum absolute atomic E-state index is 0.109. The van der Waals surface area contributed by atoms with E-state index in [1.165, 1.54) is 11.8 Å². The smallest absolute Gasteiger partial charge is 0.250 e. The number of ketones is 1. The Kier molecular flexibility index (Phi) is 5.33. The van der Waals surface area contributed by atoms with Crippen LogP contribution in [0, 0.1) is 18.8 Å². The molecule has 3 amide bonds. The van der Waals surface area contributed by atoms with Gasteiger partial charge < -0.3 is 5.32 Å². The Morgan fingerprint density at radius 2 is 1.68 bits per heavy atom. The van der Waals surface area contributed by atoms with E-state index >= 15 is 0 Å². The third-order valence-electron chi connectivity index (χ3n) is 7.92. The highest BCUT2D eigenvalue weighted by atomic mass is 35.5. The predicted molar refractivity (Wildman–Crippen MR) is 139 cm³/mol. The summed E-state index contributed by atoms with van der Waals surface area (Å²) in [4.78, 5) is 54.7. The van der Waals surface area contributed by atoms with Crippen LogP contribution in [0.15, 0.2) is 66.7 Å². The van der Waals surface area contributed by atoms with Crippen molar-refractivity contribution in [3.63, 3.8) is 0 Å². The van der Waals surface area contributed by atoms with Crippen LogP contribution in [-0.4, -0.2) is 29.5 Å². The Morgan fingerprint density at radius 3 is 2.35 bits per heavy atom. The van der Waals surface area contributed by atoms with E-state index in [2.05, 4.69) is 10.6 Å². The number of nitrogens with zero attached hydrogens (tertiary/aromatic N) is 1. The molecule has 0 radical (unpaired) electrons. The van der Waals surface area contributed by atoms with Gasteiger partial charge in [-0.2, -0.15) is 0 Å². The van der Waals surface area contributed by atoms with Crippen molar-refractivity contribution in [3.05, 3.63) is 94.0 Å². The number of benzene rings is 3. The number of carbonyl (C=O) groups excluding carboxylic acids is 4. The van der Waals surface area contributed by atoms with Gasteiger partial charge in [-0.3, -0.25) is 24.5 Å².